The lowest BCUT2D eigenvalue weighted by Crippen LogP contribution is -2.45. The summed E-state index contributed by atoms with van der Waals surface area (Å²) >= 11 is 3.49. The molecule has 0 bridgehead atoms. The van der Waals surface area contributed by atoms with Crippen molar-refractivity contribution >= 4 is 24.7 Å². The average Bonchev–Trinajstić information content (AvgIpc) is 2.60. The van der Waals surface area contributed by atoms with Gasteiger partial charge in [-0.15, -0.1) is 0 Å². The third-order valence-corrected chi connectivity index (χ3v) is 8.17. The first-order valence-corrected chi connectivity index (χ1v) is 13.8. The number of halogens is 1. The molecule has 0 unspecified atom stereocenters. The fourth-order valence-electron chi connectivity index (χ4n) is 3.21. The Kier molecular flexibility index (Phi) is 19.8. The summed E-state index contributed by atoms with van der Waals surface area (Å²) in [7, 11) is -2.40. The number of rotatable bonds is 20. The van der Waals surface area contributed by atoms with E-state index in [1.165, 1.54) is 77.0 Å². The Morgan fingerprint density at radius 1 is 0.520 bits per heavy atom. The Balaban J connectivity index is 3.56. The standard InChI is InChI=1S/C20H43BrO3Si/c1-4-22-25(23-5-2,24-6-3)20-18-16-14-12-10-8-7-9-11-13-15-17-19-21/h4-20H2,1-3H3. The summed E-state index contributed by atoms with van der Waals surface area (Å²) in [5.41, 5.74) is 0. The van der Waals surface area contributed by atoms with Crippen LogP contribution in [0.5, 0.6) is 0 Å². The quantitative estimate of drug-likeness (QED) is 0.115. The SMILES string of the molecule is CCO[Si](CCCCCCCCCCCCCCBr)(OCC)OCC. The largest absolute Gasteiger partial charge is 0.500 e. The minimum absolute atomic E-state index is 0.683. The second-order valence-electron chi connectivity index (χ2n) is 6.66. The third-order valence-electron chi connectivity index (χ3n) is 4.46. The molecule has 0 aromatic heterocycles. The van der Waals surface area contributed by atoms with Crippen molar-refractivity contribution in [3.05, 3.63) is 0 Å². The van der Waals surface area contributed by atoms with Crippen molar-refractivity contribution in [1.29, 1.82) is 0 Å². The molecule has 0 N–H and O–H groups in total. The van der Waals surface area contributed by atoms with Gasteiger partial charge in [0.1, 0.15) is 0 Å². The summed E-state index contributed by atoms with van der Waals surface area (Å²) in [6, 6.07) is 0.969. The zero-order chi connectivity index (χ0) is 18.6. The lowest BCUT2D eigenvalue weighted by molar-refractivity contribution is 0.0706. The molecular formula is C20H43BrO3Si. The van der Waals surface area contributed by atoms with E-state index in [0.717, 1.165) is 11.4 Å². The average molecular weight is 440 g/mol. The van der Waals surface area contributed by atoms with Crippen LogP contribution >= 0.6 is 15.9 Å². The molecule has 25 heavy (non-hydrogen) atoms. The monoisotopic (exact) mass is 438 g/mol. The Hall–Kier alpha value is 0.577. The summed E-state index contributed by atoms with van der Waals surface area (Å²) in [4.78, 5) is 0. The van der Waals surface area contributed by atoms with E-state index < -0.39 is 8.80 Å². The summed E-state index contributed by atoms with van der Waals surface area (Å²) < 4.78 is 17.7. The molecule has 0 aliphatic rings. The molecule has 152 valence electrons. The Morgan fingerprint density at radius 2 is 0.840 bits per heavy atom. The van der Waals surface area contributed by atoms with E-state index in [9.17, 15) is 0 Å². The highest BCUT2D eigenvalue weighted by atomic mass is 79.9. The van der Waals surface area contributed by atoms with Crippen LogP contribution in [0.3, 0.4) is 0 Å². The first-order valence-electron chi connectivity index (χ1n) is 10.7. The van der Waals surface area contributed by atoms with Crippen LogP contribution in [0, 0.1) is 0 Å². The molecule has 0 atom stereocenters. The van der Waals surface area contributed by atoms with Crippen LogP contribution in [0.1, 0.15) is 97.8 Å². The van der Waals surface area contributed by atoms with E-state index in [0.29, 0.717) is 19.8 Å². The van der Waals surface area contributed by atoms with Crippen molar-refractivity contribution in [3.63, 3.8) is 0 Å². The number of unbranched alkanes of at least 4 members (excludes halogenated alkanes) is 11. The van der Waals surface area contributed by atoms with Crippen molar-refractivity contribution in [2.24, 2.45) is 0 Å². The normalized spacial score (nSPS) is 12.0. The van der Waals surface area contributed by atoms with E-state index in [2.05, 4.69) is 15.9 Å². The molecule has 0 saturated heterocycles. The molecule has 0 saturated carbocycles. The molecule has 0 fully saturated rings. The van der Waals surface area contributed by atoms with Crippen LogP contribution in [0.25, 0.3) is 0 Å². The lowest BCUT2D eigenvalue weighted by Gasteiger charge is -2.28. The molecule has 0 aliphatic heterocycles. The molecule has 0 aromatic carbocycles. The van der Waals surface area contributed by atoms with Gasteiger partial charge in [0, 0.05) is 31.2 Å². The van der Waals surface area contributed by atoms with E-state index in [-0.39, 0.29) is 0 Å². The topological polar surface area (TPSA) is 27.7 Å². The maximum Gasteiger partial charge on any atom is 0.500 e. The molecular weight excluding hydrogens is 396 g/mol. The molecule has 0 aliphatic carbocycles. The maximum atomic E-state index is 5.91. The van der Waals surface area contributed by atoms with Gasteiger partial charge in [0.15, 0.2) is 0 Å². The fourth-order valence-corrected chi connectivity index (χ4v) is 6.29. The van der Waals surface area contributed by atoms with Crippen molar-refractivity contribution in [3.8, 4) is 0 Å². The van der Waals surface area contributed by atoms with E-state index in [1.54, 1.807) is 0 Å². The molecule has 0 aromatic rings. The number of hydrogen-bond donors (Lipinski definition) is 0. The van der Waals surface area contributed by atoms with Gasteiger partial charge in [0.25, 0.3) is 0 Å². The van der Waals surface area contributed by atoms with Gasteiger partial charge in [0.2, 0.25) is 0 Å². The van der Waals surface area contributed by atoms with Gasteiger partial charge in [-0.05, 0) is 33.6 Å². The van der Waals surface area contributed by atoms with Gasteiger partial charge in [0.05, 0.1) is 0 Å². The van der Waals surface area contributed by atoms with Crippen molar-refractivity contribution in [1.82, 2.24) is 0 Å². The fraction of sp³-hybridized carbons (Fsp3) is 1.00. The van der Waals surface area contributed by atoms with E-state index in [1.807, 2.05) is 20.8 Å². The van der Waals surface area contributed by atoms with Crippen molar-refractivity contribution in [2.45, 2.75) is 104 Å². The lowest BCUT2D eigenvalue weighted by atomic mass is 10.1. The van der Waals surface area contributed by atoms with Crippen LogP contribution in [0.15, 0.2) is 0 Å². The van der Waals surface area contributed by atoms with Crippen LogP contribution in [0.4, 0.5) is 0 Å². The molecule has 0 heterocycles. The molecule has 3 nitrogen and oxygen atoms in total. The molecule has 0 spiro atoms. The minimum atomic E-state index is -2.40. The zero-order valence-electron chi connectivity index (χ0n) is 17.1. The van der Waals surface area contributed by atoms with Gasteiger partial charge in [-0.2, -0.15) is 0 Å². The Bertz CT molecular complexity index is 250. The highest BCUT2D eigenvalue weighted by Crippen LogP contribution is 2.21. The van der Waals surface area contributed by atoms with E-state index in [4.69, 9.17) is 13.3 Å². The summed E-state index contributed by atoms with van der Waals surface area (Å²) in [6.45, 7) is 8.14. The van der Waals surface area contributed by atoms with Crippen LogP contribution < -0.4 is 0 Å². The first kappa shape index (κ1) is 25.6. The maximum absolute atomic E-state index is 5.91. The van der Waals surface area contributed by atoms with Crippen LogP contribution in [0.2, 0.25) is 6.04 Å². The first-order chi connectivity index (χ1) is 12.2. The summed E-state index contributed by atoms with van der Waals surface area (Å²) in [5.74, 6) is 0. The summed E-state index contributed by atoms with van der Waals surface area (Å²) in [5, 5.41) is 1.16. The van der Waals surface area contributed by atoms with Gasteiger partial charge >= 0.3 is 8.80 Å². The Morgan fingerprint density at radius 3 is 1.16 bits per heavy atom. The van der Waals surface area contributed by atoms with Gasteiger partial charge < -0.3 is 13.3 Å². The van der Waals surface area contributed by atoms with Crippen molar-refractivity contribution < 1.29 is 13.3 Å². The highest BCUT2D eigenvalue weighted by Gasteiger charge is 2.39. The predicted molar refractivity (Wildman–Crippen MR) is 115 cm³/mol. The third kappa shape index (κ3) is 15.3. The van der Waals surface area contributed by atoms with Gasteiger partial charge in [-0.1, -0.05) is 80.1 Å². The van der Waals surface area contributed by atoms with Gasteiger partial charge in [-0.25, -0.2) is 0 Å². The van der Waals surface area contributed by atoms with E-state index >= 15 is 0 Å². The molecule has 5 heteroatoms. The minimum Gasteiger partial charge on any atom is -0.374 e. The second-order valence-corrected chi connectivity index (χ2v) is 10.2. The highest BCUT2D eigenvalue weighted by molar-refractivity contribution is 9.09. The number of alkyl halides is 1. The van der Waals surface area contributed by atoms with Crippen molar-refractivity contribution in [2.75, 3.05) is 25.2 Å². The zero-order valence-corrected chi connectivity index (χ0v) is 19.7. The van der Waals surface area contributed by atoms with Crippen LogP contribution in [-0.2, 0) is 13.3 Å². The molecule has 0 radical (unpaired) electrons. The number of hydrogen-bond acceptors (Lipinski definition) is 3. The molecule has 0 rings (SSSR count). The predicted octanol–water partition coefficient (Wildman–Crippen LogP) is 7.11. The van der Waals surface area contributed by atoms with Crippen LogP contribution in [-0.4, -0.2) is 34.0 Å². The smallest absolute Gasteiger partial charge is 0.374 e. The Labute approximate surface area is 167 Å². The summed E-state index contributed by atoms with van der Waals surface area (Å²) in [6.07, 6.45) is 16.4. The molecule has 0 amide bonds. The second kappa shape index (κ2) is 19.3. The van der Waals surface area contributed by atoms with Gasteiger partial charge in [-0.3, -0.25) is 0 Å².